The fourth-order valence-corrected chi connectivity index (χ4v) is 4.19. The van der Waals surface area contributed by atoms with Crippen LogP contribution >= 0.6 is 22.7 Å². The van der Waals surface area contributed by atoms with Crippen LogP contribution in [-0.4, -0.2) is 23.0 Å². The van der Waals surface area contributed by atoms with Crippen molar-refractivity contribution in [2.24, 2.45) is 0 Å². The molecular weight excluding hydrogens is 356 g/mol. The number of thiophene rings is 1. The van der Waals surface area contributed by atoms with Gasteiger partial charge in [0.2, 0.25) is 5.91 Å². The Balaban J connectivity index is 1.41. The molecule has 0 atom stereocenters. The highest BCUT2D eigenvalue weighted by atomic mass is 32.1. The van der Waals surface area contributed by atoms with E-state index in [2.05, 4.69) is 20.9 Å². The molecule has 6 nitrogen and oxygen atoms in total. The number of anilines is 1. The highest BCUT2D eigenvalue weighted by Crippen LogP contribution is 2.19. The molecule has 3 rings (SSSR count). The Hall–Kier alpha value is -1.93. The van der Waals surface area contributed by atoms with E-state index in [-0.39, 0.29) is 24.4 Å². The van der Waals surface area contributed by atoms with Gasteiger partial charge in [0.25, 0.3) is 0 Å². The summed E-state index contributed by atoms with van der Waals surface area (Å²) in [5.41, 5.74) is 0.668. The van der Waals surface area contributed by atoms with Gasteiger partial charge in [-0.25, -0.2) is 9.78 Å². The highest BCUT2D eigenvalue weighted by Gasteiger charge is 2.16. The molecule has 0 unspecified atom stereocenters. The molecule has 0 aliphatic heterocycles. The number of carbonyl (C=O) groups is 2. The summed E-state index contributed by atoms with van der Waals surface area (Å²) < 4.78 is 0. The smallest absolute Gasteiger partial charge is 0.321 e. The lowest BCUT2D eigenvalue weighted by molar-refractivity contribution is -0.120. The van der Waals surface area contributed by atoms with Crippen molar-refractivity contribution >= 4 is 39.7 Å². The van der Waals surface area contributed by atoms with Gasteiger partial charge in [-0.3, -0.25) is 10.1 Å². The molecule has 0 radical (unpaired) electrons. The van der Waals surface area contributed by atoms with Gasteiger partial charge in [-0.1, -0.05) is 25.3 Å². The van der Waals surface area contributed by atoms with Crippen LogP contribution in [0.5, 0.6) is 0 Å². The molecule has 2 aromatic rings. The van der Waals surface area contributed by atoms with Crippen molar-refractivity contribution in [3.63, 3.8) is 0 Å². The SMILES string of the molecule is O=C(Cc1csc(NC(=O)NC2CCCCC2)n1)NCc1cccs1. The highest BCUT2D eigenvalue weighted by molar-refractivity contribution is 7.14. The predicted octanol–water partition coefficient (Wildman–Crippen LogP) is 3.52. The fourth-order valence-electron chi connectivity index (χ4n) is 2.84. The van der Waals surface area contributed by atoms with Gasteiger partial charge in [-0.2, -0.15) is 0 Å². The average Bonchev–Trinajstić information content (AvgIpc) is 3.26. The first-order chi connectivity index (χ1) is 12.2. The van der Waals surface area contributed by atoms with Crippen molar-refractivity contribution in [1.29, 1.82) is 0 Å². The van der Waals surface area contributed by atoms with Gasteiger partial charge >= 0.3 is 6.03 Å². The molecule has 8 heteroatoms. The molecule has 3 amide bonds. The largest absolute Gasteiger partial charge is 0.351 e. The second-order valence-electron chi connectivity index (χ2n) is 6.11. The molecule has 1 fully saturated rings. The van der Waals surface area contributed by atoms with Crippen LogP contribution in [0.15, 0.2) is 22.9 Å². The van der Waals surface area contributed by atoms with E-state index in [1.165, 1.54) is 30.6 Å². The molecule has 2 heterocycles. The normalized spacial score (nSPS) is 14.9. The molecule has 0 bridgehead atoms. The second-order valence-corrected chi connectivity index (χ2v) is 8.00. The summed E-state index contributed by atoms with van der Waals surface area (Å²) in [5.74, 6) is -0.0723. The van der Waals surface area contributed by atoms with E-state index >= 15 is 0 Å². The maximum Gasteiger partial charge on any atom is 0.321 e. The number of nitrogens with one attached hydrogen (secondary N) is 3. The van der Waals surface area contributed by atoms with Gasteiger partial charge in [-0.05, 0) is 24.3 Å². The molecule has 1 aliphatic rings. The van der Waals surface area contributed by atoms with E-state index in [4.69, 9.17) is 0 Å². The Morgan fingerprint density at radius 3 is 2.80 bits per heavy atom. The number of aromatic nitrogens is 1. The zero-order chi connectivity index (χ0) is 17.5. The first-order valence-electron chi connectivity index (χ1n) is 8.50. The monoisotopic (exact) mass is 378 g/mol. The van der Waals surface area contributed by atoms with E-state index in [1.54, 1.807) is 16.7 Å². The predicted molar refractivity (Wildman–Crippen MR) is 101 cm³/mol. The van der Waals surface area contributed by atoms with E-state index in [1.807, 2.05) is 17.5 Å². The third-order valence-electron chi connectivity index (χ3n) is 4.09. The molecule has 0 spiro atoms. The number of nitrogens with zero attached hydrogens (tertiary/aromatic N) is 1. The van der Waals surface area contributed by atoms with Crippen molar-refractivity contribution in [1.82, 2.24) is 15.6 Å². The molecule has 0 aromatic carbocycles. The maximum absolute atomic E-state index is 12.0. The lowest BCUT2D eigenvalue weighted by Crippen LogP contribution is -2.39. The Morgan fingerprint density at radius 2 is 2.04 bits per heavy atom. The van der Waals surface area contributed by atoms with E-state index in [0.717, 1.165) is 17.7 Å². The summed E-state index contributed by atoms with van der Waals surface area (Å²) in [6.07, 6.45) is 5.90. The van der Waals surface area contributed by atoms with Crippen LogP contribution in [0.4, 0.5) is 9.93 Å². The average molecular weight is 379 g/mol. The van der Waals surface area contributed by atoms with Crippen LogP contribution in [-0.2, 0) is 17.8 Å². The minimum atomic E-state index is -0.213. The van der Waals surface area contributed by atoms with Gasteiger partial charge in [0.1, 0.15) is 0 Å². The first-order valence-corrected chi connectivity index (χ1v) is 10.3. The van der Waals surface area contributed by atoms with Crippen LogP contribution in [0.3, 0.4) is 0 Å². The van der Waals surface area contributed by atoms with Crippen LogP contribution in [0, 0.1) is 0 Å². The van der Waals surface area contributed by atoms with E-state index < -0.39 is 0 Å². The molecule has 3 N–H and O–H groups in total. The van der Waals surface area contributed by atoms with Crippen molar-refractivity contribution in [2.45, 2.75) is 51.1 Å². The molecule has 25 heavy (non-hydrogen) atoms. The van der Waals surface area contributed by atoms with Crippen LogP contribution in [0.2, 0.25) is 0 Å². The molecule has 1 saturated carbocycles. The number of hydrogen-bond donors (Lipinski definition) is 3. The van der Waals surface area contributed by atoms with Crippen molar-refractivity contribution in [3.8, 4) is 0 Å². The van der Waals surface area contributed by atoms with Gasteiger partial charge in [0, 0.05) is 16.3 Å². The standard InChI is InChI=1S/C17H22N4O2S2/c22-15(18-10-14-7-4-8-24-14)9-13-11-25-17(20-13)21-16(23)19-12-5-2-1-3-6-12/h4,7-8,11-12H,1-3,5-6,9-10H2,(H,18,22)(H2,19,20,21,23). The minimum absolute atomic E-state index is 0.0723. The number of urea groups is 1. The summed E-state index contributed by atoms with van der Waals surface area (Å²) >= 11 is 2.95. The van der Waals surface area contributed by atoms with Crippen molar-refractivity contribution in [2.75, 3.05) is 5.32 Å². The summed E-state index contributed by atoms with van der Waals surface area (Å²) in [6.45, 7) is 0.537. The molecular formula is C17H22N4O2S2. The Kier molecular flexibility index (Phi) is 6.41. The van der Waals surface area contributed by atoms with Gasteiger partial charge in [0.05, 0.1) is 18.7 Å². The number of hydrogen-bond acceptors (Lipinski definition) is 5. The molecule has 2 aromatic heterocycles. The topological polar surface area (TPSA) is 83.1 Å². The van der Waals surface area contributed by atoms with Crippen LogP contribution in [0.25, 0.3) is 0 Å². The van der Waals surface area contributed by atoms with Gasteiger partial charge in [-0.15, -0.1) is 22.7 Å². The summed E-state index contributed by atoms with van der Waals surface area (Å²) in [7, 11) is 0. The van der Waals surface area contributed by atoms with E-state index in [0.29, 0.717) is 17.4 Å². The van der Waals surface area contributed by atoms with Crippen LogP contribution in [0.1, 0.15) is 42.7 Å². The first kappa shape index (κ1) is 17.9. The van der Waals surface area contributed by atoms with Crippen molar-refractivity contribution < 1.29 is 9.59 Å². The lowest BCUT2D eigenvalue weighted by atomic mass is 9.96. The number of thiazole rings is 1. The zero-order valence-electron chi connectivity index (χ0n) is 13.9. The quantitative estimate of drug-likeness (QED) is 0.719. The molecule has 134 valence electrons. The Labute approximate surface area is 155 Å². The third-order valence-corrected chi connectivity index (χ3v) is 5.78. The lowest BCUT2D eigenvalue weighted by Gasteiger charge is -2.22. The van der Waals surface area contributed by atoms with Crippen molar-refractivity contribution in [3.05, 3.63) is 33.5 Å². The summed E-state index contributed by atoms with van der Waals surface area (Å²) in [6, 6.07) is 4.00. The third kappa shape index (κ3) is 5.82. The van der Waals surface area contributed by atoms with Gasteiger partial charge < -0.3 is 10.6 Å². The Morgan fingerprint density at radius 1 is 1.20 bits per heavy atom. The Bertz CT molecular complexity index is 693. The zero-order valence-corrected chi connectivity index (χ0v) is 15.5. The van der Waals surface area contributed by atoms with Crippen LogP contribution < -0.4 is 16.0 Å². The number of rotatable bonds is 6. The number of amides is 3. The fraction of sp³-hybridized carbons (Fsp3) is 0.471. The summed E-state index contributed by atoms with van der Waals surface area (Å²) in [4.78, 5) is 29.4. The molecule has 0 saturated heterocycles. The second kappa shape index (κ2) is 8.96. The molecule has 1 aliphatic carbocycles. The van der Waals surface area contributed by atoms with Gasteiger partial charge in [0.15, 0.2) is 5.13 Å². The minimum Gasteiger partial charge on any atom is -0.351 e. The maximum atomic E-state index is 12.0. The summed E-state index contributed by atoms with van der Waals surface area (Å²) in [5, 5.41) is 12.9. The van der Waals surface area contributed by atoms with E-state index in [9.17, 15) is 9.59 Å². The number of carbonyl (C=O) groups excluding carboxylic acids is 2.